The van der Waals surface area contributed by atoms with Crippen LogP contribution in [0.4, 0.5) is 4.39 Å². The highest BCUT2D eigenvalue weighted by molar-refractivity contribution is 5.28. The van der Waals surface area contributed by atoms with Crippen molar-refractivity contribution in [3.8, 4) is 5.75 Å². The molecule has 0 saturated heterocycles. The van der Waals surface area contributed by atoms with Gasteiger partial charge in [-0.25, -0.2) is 4.39 Å². The van der Waals surface area contributed by atoms with Gasteiger partial charge in [0.25, 0.3) is 0 Å². The van der Waals surface area contributed by atoms with Crippen molar-refractivity contribution in [2.24, 2.45) is 5.41 Å². The Kier molecular flexibility index (Phi) is 4.11. The van der Waals surface area contributed by atoms with Gasteiger partial charge in [0, 0.05) is 30.7 Å². The van der Waals surface area contributed by atoms with E-state index in [0.717, 1.165) is 24.7 Å². The maximum Gasteiger partial charge on any atom is 0.127 e. The van der Waals surface area contributed by atoms with E-state index in [-0.39, 0.29) is 17.3 Å². The standard InChI is InChI=1S/C15H22FNO2/c1-4-19-14-8-13(15(14,2)3)17-9-10-5-11(16)7-12(18)6-10/h5-7,13-14,17-18H,4,8-9H2,1-3H3. The van der Waals surface area contributed by atoms with Crippen LogP contribution in [0.25, 0.3) is 0 Å². The second-order valence-corrected chi connectivity index (χ2v) is 5.75. The first kappa shape index (κ1) is 14.3. The van der Waals surface area contributed by atoms with Crippen molar-refractivity contribution in [1.82, 2.24) is 5.32 Å². The molecule has 2 unspecified atom stereocenters. The van der Waals surface area contributed by atoms with E-state index in [4.69, 9.17) is 4.74 Å². The number of nitrogens with one attached hydrogen (secondary N) is 1. The Morgan fingerprint density at radius 3 is 2.74 bits per heavy atom. The Bertz CT molecular complexity index is 428. The smallest absolute Gasteiger partial charge is 0.127 e. The zero-order chi connectivity index (χ0) is 14.0. The third-order valence-corrected chi connectivity index (χ3v) is 4.04. The van der Waals surface area contributed by atoms with Crippen LogP contribution in [0.1, 0.15) is 32.8 Å². The van der Waals surface area contributed by atoms with Crippen LogP contribution in [0.3, 0.4) is 0 Å². The van der Waals surface area contributed by atoms with Gasteiger partial charge in [-0.3, -0.25) is 0 Å². The SMILES string of the molecule is CCOC1CC(NCc2cc(O)cc(F)c2)C1(C)C. The fraction of sp³-hybridized carbons (Fsp3) is 0.600. The lowest BCUT2D eigenvalue weighted by atomic mass is 9.64. The van der Waals surface area contributed by atoms with Crippen LogP contribution >= 0.6 is 0 Å². The minimum atomic E-state index is -0.406. The molecule has 19 heavy (non-hydrogen) atoms. The fourth-order valence-electron chi connectivity index (χ4n) is 2.69. The average molecular weight is 267 g/mol. The molecule has 1 aliphatic rings. The van der Waals surface area contributed by atoms with E-state index < -0.39 is 5.82 Å². The largest absolute Gasteiger partial charge is 0.508 e. The number of hydrogen-bond acceptors (Lipinski definition) is 3. The number of ether oxygens (including phenoxy) is 1. The molecule has 0 amide bonds. The molecule has 1 fully saturated rings. The summed E-state index contributed by atoms with van der Waals surface area (Å²) < 4.78 is 18.8. The van der Waals surface area contributed by atoms with Crippen molar-refractivity contribution < 1.29 is 14.2 Å². The van der Waals surface area contributed by atoms with Gasteiger partial charge in [-0.15, -0.1) is 0 Å². The van der Waals surface area contributed by atoms with Gasteiger partial charge < -0.3 is 15.2 Å². The molecule has 1 aromatic carbocycles. The lowest BCUT2D eigenvalue weighted by Crippen LogP contribution is -2.60. The number of hydrogen-bond donors (Lipinski definition) is 2. The van der Waals surface area contributed by atoms with Crippen LogP contribution in [-0.4, -0.2) is 23.9 Å². The van der Waals surface area contributed by atoms with E-state index >= 15 is 0 Å². The van der Waals surface area contributed by atoms with Crippen molar-refractivity contribution in [3.05, 3.63) is 29.6 Å². The van der Waals surface area contributed by atoms with Gasteiger partial charge in [0.1, 0.15) is 11.6 Å². The van der Waals surface area contributed by atoms with Crippen molar-refractivity contribution in [2.75, 3.05) is 6.61 Å². The van der Waals surface area contributed by atoms with E-state index in [1.165, 1.54) is 6.07 Å². The predicted octanol–water partition coefficient (Wildman–Crippen LogP) is 2.82. The molecule has 106 valence electrons. The lowest BCUT2D eigenvalue weighted by Gasteiger charge is -2.52. The predicted molar refractivity (Wildman–Crippen MR) is 72.5 cm³/mol. The molecular formula is C15H22FNO2. The molecule has 0 spiro atoms. The Balaban J connectivity index is 1.90. The zero-order valence-electron chi connectivity index (χ0n) is 11.7. The molecule has 1 saturated carbocycles. The molecule has 1 aliphatic carbocycles. The average Bonchev–Trinajstić information content (AvgIpc) is 2.31. The minimum Gasteiger partial charge on any atom is -0.508 e. The molecule has 0 aliphatic heterocycles. The maximum atomic E-state index is 13.2. The Labute approximate surface area is 113 Å². The summed E-state index contributed by atoms with van der Waals surface area (Å²) in [6.45, 7) is 7.65. The van der Waals surface area contributed by atoms with Gasteiger partial charge in [0.2, 0.25) is 0 Å². The molecule has 0 heterocycles. The summed E-state index contributed by atoms with van der Waals surface area (Å²) in [5.74, 6) is -0.436. The van der Waals surface area contributed by atoms with E-state index in [1.54, 1.807) is 6.07 Å². The molecule has 3 nitrogen and oxygen atoms in total. The maximum absolute atomic E-state index is 13.2. The van der Waals surface area contributed by atoms with E-state index in [9.17, 15) is 9.50 Å². The molecule has 4 heteroatoms. The molecule has 2 rings (SSSR count). The molecular weight excluding hydrogens is 245 g/mol. The third-order valence-electron chi connectivity index (χ3n) is 4.04. The normalized spacial score (nSPS) is 25.1. The molecule has 2 atom stereocenters. The minimum absolute atomic E-state index is 0.0307. The van der Waals surface area contributed by atoms with Crippen LogP contribution < -0.4 is 5.32 Å². The Hall–Kier alpha value is -1.13. The number of halogens is 1. The Morgan fingerprint density at radius 2 is 2.16 bits per heavy atom. The van der Waals surface area contributed by atoms with Gasteiger partial charge in [0.05, 0.1) is 6.10 Å². The summed E-state index contributed by atoms with van der Waals surface area (Å²) in [5.41, 5.74) is 0.846. The first-order valence-corrected chi connectivity index (χ1v) is 6.77. The number of phenolic OH excluding ortho intramolecular Hbond substituents is 1. The summed E-state index contributed by atoms with van der Waals surface area (Å²) in [6, 6.07) is 4.50. The number of aromatic hydroxyl groups is 1. The van der Waals surface area contributed by atoms with Crippen molar-refractivity contribution in [3.63, 3.8) is 0 Å². The Morgan fingerprint density at radius 1 is 1.42 bits per heavy atom. The zero-order valence-corrected chi connectivity index (χ0v) is 11.7. The van der Waals surface area contributed by atoms with Gasteiger partial charge in [0.15, 0.2) is 0 Å². The second kappa shape index (κ2) is 5.47. The monoisotopic (exact) mass is 267 g/mol. The molecule has 1 aromatic rings. The second-order valence-electron chi connectivity index (χ2n) is 5.75. The number of benzene rings is 1. The topological polar surface area (TPSA) is 41.5 Å². The third kappa shape index (κ3) is 3.07. The highest BCUT2D eigenvalue weighted by atomic mass is 19.1. The van der Waals surface area contributed by atoms with Crippen LogP contribution in [0, 0.1) is 11.2 Å². The van der Waals surface area contributed by atoms with Crippen molar-refractivity contribution in [1.29, 1.82) is 0 Å². The van der Waals surface area contributed by atoms with Crippen molar-refractivity contribution >= 4 is 0 Å². The van der Waals surface area contributed by atoms with E-state index in [2.05, 4.69) is 19.2 Å². The molecule has 0 bridgehead atoms. The van der Waals surface area contributed by atoms with Gasteiger partial charge in [-0.2, -0.15) is 0 Å². The van der Waals surface area contributed by atoms with Gasteiger partial charge in [-0.1, -0.05) is 13.8 Å². The highest BCUT2D eigenvalue weighted by Gasteiger charge is 2.48. The summed E-state index contributed by atoms with van der Waals surface area (Å²) >= 11 is 0. The highest BCUT2D eigenvalue weighted by Crippen LogP contribution is 2.42. The number of phenols is 1. The first-order chi connectivity index (χ1) is 8.93. The summed E-state index contributed by atoms with van der Waals surface area (Å²) in [4.78, 5) is 0. The summed E-state index contributed by atoms with van der Waals surface area (Å²) in [6.07, 6.45) is 1.26. The first-order valence-electron chi connectivity index (χ1n) is 6.77. The van der Waals surface area contributed by atoms with E-state index in [0.29, 0.717) is 12.6 Å². The van der Waals surface area contributed by atoms with Crippen LogP contribution in [-0.2, 0) is 11.3 Å². The molecule has 0 aromatic heterocycles. The van der Waals surface area contributed by atoms with Crippen LogP contribution in [0.2, 0.25) is 0 Å². The fourth-order valence-corrected chi connectivity index (χ4v) is 2.69. The van der Waals surface area contributed by atoms with Gasteiger partial charge in [-0.05, 0) is 31.0 Å². The lowest BCUT2D eigenvalue weighted by molar-refractivity contribution is -0.114. The summed E-state index contributed by atoms with van der Waals surface area (Å²) in [5, 5.41) is 12.8. The molecule has 0 radical (unpaired) electrons. The summed E-state index contributed by atoms with van der Waals surface area (Å²) in [7, 11) is 0. The van der Waals surface area contributed by atoms with Crippen LogP contribution in [0.15, 0.2) is 18.2 Å². The van der Waals surface area contributed by atoms with Crippen LogP contribution in [0.5, 0.6) is 5.75 Å². The van der Waals surface area contributed by atoms with Gasteiger partial charge >= 0.3 is 0 Å². The molecule has 2 N–H and O–H groups in total. The number of rotatable bonds is 5. The van der Waals surface area contributed by atoms with E-state index in [1.807, 2.05) is 6.92 Å². The van der Waals surface area contributed by atoms with Crippen molar-refractivity contribution in [2.45, 2.75) is 45.9 Å². The quantitative estimate of drug-likeness (QED) is 0.862.